The van der Waals surface area contributed by atoms with Crippen molar-refractivity contribution >= 4 is 11.8 Å². The zero-order chi connectivity index (χ0) is 17.0. The van der Waals surface area contributed by atoms with Gasteiger partial charge in [-0.1, -0.05) is 32.0 Å². The highest BCUT2D eigenvalue weighted by molar-refractivity contribution is 5.98. The number of hydrogen-bond acceptors (Lipinski definition) is 3. The molecule has 1 aliphatic rings. The van der Waals surface area contributed by atoms with Gasteiger partial charge in [-0.05, 0) is 43.2 Å². The molecule has 1 aromatic carbocycles. The number of aliphatic hydroxyl groups excluding tert-OH is 1. The van der Waals surface area contributed by atoms with Crippen molar-refractivity contribution in [2.24, 2.45) is 11.8 Å². The van der Waals surface area contributed by atoms with E-state index < -0.39 is 12.1 Å². The quantitative estimate of drug-likeness (QED) is 0.715. The zero-order valence-electron chi connectivity index (χ0n) is 14.0. The smallest absolute Gasteiger partial charge is 0.252 e. The first-order valence-corrected chi connectivity index (χ1v) is 8.22. The second kappa shape index (κ2) is 7.59. The summed E-state index contributed by atoms with van der Waals surface area (Å²) in [7, 11) is 0. The van der Waals surface area contributed by atoms with E-state index in [1.165, 1.54) is 0 Å². The number of nitrogens with one attached hydrogen (secondary N) is 2. The van der Waals surface area contributed by atoms with Gasteiger partial charge >= 0.3 is 0 Å². The second-order valence-electron chi connectivity index (χ2n) is 6.66. The van der Waals surface area contributed by atoms with Crippen molar-refractivity contribution in [3.05, 3.63) is 35.4 Å². The first kappa shape index (κ1) is 17.5. The molecule has 5 nitrogen and oxygen atoms in total. The molecule has 0 heterocycles. The van der Waals surface area contributed by atoms with Crippen LogP contribution in [0.15, 0.2) is 24.3 Å². The van der Waals surface area contributed by atoms with Gasteiger partial charge in [-0.2, -0.15) is 0 Å². The van der Waals surface area contributed by atoms with E-state index in [0.29, 0.717) is 11.5 Å². The Balaban J connectivity index is 1.96. The van der Waals surface area contributed by atoms with Gasteiger partial charge in [0.15, 0.2) is 0 Å². The summed E-state index contributed by atoms with van der Waals surface area (Å²) in [6, 6.07) is 6.67. The number of rotatable bonds is 7. The Morgan fingerprint density at radius 2 is 1.91 bits per heavy atom. The van der Waals surface area contributed by atoms with Crippen molar-refractivity contribution in [2.75, 3.05) is 6.54 Å². The van der Waals surface area contributed by atoms with Crippen LogP contribution in [0.3, 0.4) is 0 Å². The minimum atomic E-state index is -0.617. The van der Waals surface area contributed by atoms with Gasteiger partial charge in [0, 0.05) is 12.1 Å². The summed E-state index contributed by atoms with van der Waals surface area (Å²) in [4.78, 5) is 24.7. The van der Waals surface area contributed by atoms with E-state index in [-0.39, 0.29) is 24.3 Å². The summed E-state index contributed by atoms with van der Waals surface area (Å²) in [5.74, 6) is -0.225. The van der Waals surface area contributed by atoms with Crippen molar-refractivity contribution in [2.45, 2.75) is 45.8 Å². The predicted molar refractivity (Wildman–Crippen MR) is 89.0 cm³/mol. The number of aryl methyl sites for hydroxylation is 1. The zero-order valence-corrected chi connectivity index (χ0v) is 14.0. The molecular formula is C18H26N2O3. The van der Waals surface area contributed by atoms with Gasteiger partial charge in [-0.25, -0.2) is 0 Å². The Kier molecular flexibility index (Phi) is 5.77. The summed E-state index contributed by atoms with van der Waals surface area (Å²) in [5.41, 5.74) is 1.45. The molecule has 0 aliphatic heterocycles. The van der Waals surface area contributed by atoms with E-state index >= 15 is 0 Å². The van der Waals surface area contributed by atoms with E-state index in [1.807, 2.05) is 32.9 Å². The molecule has 0 bridgehead atoms. The van der Waals surface area contributed by atoms with Crippen LogP contribution in [-0.2, 0) is 4.79 Å². The Morgan fingerprint density at radius 3 is 2.48 bits per heavy atom. The Labute approximate surface area is 137 Å². The van der Waals surface area contributed by atoms with Crippen LogP contribution >= 0.6 is 0 Å². The van der Waals surface area contributed by atoms with Crippen molar-refractivity contribution < 1.29 is 14.7 Å². The molecule has 2 atom stereocenters. The molecule has 3 N–H and O–H groups in total. The third-order valence-electron chi connectivity index (χ3n) is 4.28. The Morgan fingerprint density at radius 1 is 1.26 bits per heavy atom. The van der Waals surface area contributed by atoms with Crippen LogP contribution in [0, 0.1) is 18.8 Å². The maximum atomic E-state index is 12.4. The second-order valence-corrected chi connectivity index (χ2v) is 6.66. The minimum absolute atomic E-state index is 0.0407. The first-order valence-electron chi connectivity index (χ1n) is 8.22. The molecule has 23 heavy (non-hydrogen) atoms. The molecule has 0 spiro atoms. The van der Waals surface area contributed by atoms with Gasteiger partial charge in [0.1, 0.15) is 6.04 Å². The molecule has 5 heteroatoms. The number of hydrogen-bond donors (Lipinski definition) is 3. The maximum Gasteiger partial charge on any atom is 0.252 e. The monoisotopic (exact) mass is 318 g/mol. The van der Waals surface area contributed by atoms with Crippen LogP contribution in [0.5, 0.6) is 0 Å². The summed E-state index contributed by atoms with van der Waals surface area (Å²) in [5, 5.41) is 15.4. The van der Waals surface area contributed by atoms with Crippen molar-refractivity contribution in [3.63, 3.8) is 0 Å². The lowest BCUT2D eigenvalue weighted by atomic mass is 10.0. The molecule has 1 fully saturated rings. The normalized spacial score (nSPS) is 16.7. The molecule has 126 valence electrons. The molecule has 2 rings (SSSR count). The van der Waals surface area contributed by atoms with Gasteiger partial charge < -0.3 is 15.7 Å². The van der Waals surface area contributed by atoms with E-state index in [4.69, 9.17) is 0 Å². The number of amides is 2. The maximum absolute atomic E-state index is 12.4. The van der Waals surface area contributed by atoms with Gasteiger partial charge in [0.2, 0.25) is 5.91 Å². The highest BCUT2D eigenvalue weighted by Gasteiger charge is 2.31. The molecule has 1 aliphatic carbocycles. The average Bonchev–Trinajstić information content (AvgIpc) is 3.34. The highest BCUT2D eigenvalue weighted by Crippen LogP contribution is 2.32. The number of carbonyl (C=O) groups excluding carboxylic acids is 2. The van der Waals surface area contributed by atoms with Gasteiger partial charge in [0.05, 0.1) is 6.10 Å². The SMILES string of the molecule is Cc1ccccc1C(=O)N[C@@H](C(=O)NC[C@@H](O)C1CC1)C(C)C. The molecular weight excluding hydrogens is 292 g/mol. The van der Waals surface area contributed by atoms with Gasteiger partial charge in [0.25, 0.3) is 5.91 Å². The summed E-state index contributed by atoms with van der Waals surface area (Å²) in [6.45, 7) is 5.89. The van der Waals surface area contributed by atoms with Crippen molar-refractivity contribution in [1.29, 1.82) is 0 Å². The van der Waals surface area contributed by atoms with Crippen LogP contribution in [-0.4, -0.2) is 35.6 Å². The molecule has 0 aromatic heterocycles. The fourth-order valence-electron chi connectivity index (χ4n) is 2.54. The van der Waals surface area contributed by atoms with Crippen LogP contribution in [0.25, 0.3) is 0 Å². The van der Waals surface area contributed by atoms with E-state index in [2.05, 4.69) is 10.6 Å². The number of benzene rings is 1. The molecule has 0 unspecified atom stereocenters. The molecule has 0 radical (unpaired) electrons. The summed E-state index contributed by atoms with van der Waals surface area (Å²) >= 11 is 0. The predicted octanol–water partition coefficient (Wildman–Crippen LogP) is 1.64. The third-order valence-corrected chi connectivity index (χ3v) is 4.28. The fourth-order valence-corrected chi connectivity index (χ4v) is 2.54. The van der Waals surface area contributed by atoms with Crippen LogP contribution < -0.4 is 10.6 Å². The summed E-state index contributed by atoms with van der Waals surface area (Å²) < 4.78 is 0. The van der Waals surface area contributed by atoms with Crippen LogP contribution in [0.4, 0.5) is 0 Å². The lowest BCUT2D eigenvalue weighted by Gasteiger charge is -2.23. The average molecular weight is 318 g/mol. The van der Waals surface area contributed by atoms with Crippen LogP contribution in [0.2, 0.25) is 0 Å². The molecule has 1 aromatic rings. The standard InChI is InChI=1S/C18H26N2O3/c1-11(2)16(18(23)19-10-15(21)13-8-9-13)20-17(22)14-7-5-4-6-12(14)3/h4-7,11,13,15-16,21H,8-10H2,1-3H3,(H,19,23)(H,20,22)/t15-,16-/m1/s1. The van der Waals surface area contributed by atoms with E-state index in [9.17, 15) is 14.7 Å². The van der Waals surface area contributed by atoms with Gasteiger partial charge in [-0.15, -0.1) is 0 Å². The minimum Gasteiger partial charge on any atom is -0.391 e. The lowest BCUT2D eigenvalue weighted by molar-refractivity contribution is -0.124. The van der Waals surface area contributed by atoms with Gasteiger partial charge in [-0.3, -0.25) is 9.59 Å². The first-order chi connectivity index (χ1) is 10.9. The highest BCUT2D eigenvalue weighted by atomic mass is 16.3. The fraction of sp³-hybridized carbons (Fsp3) is 0.556. The van der Waals surface area contributed by atoms with Crippen molar-refractivity contribution in [1.82, 2.24) is 10.6 Å². The number of aliphatic hydroxyl groups is 1. The Bertz CT molecular complexity index is 567. The molecule has 2 amide bonds. The topological polar surface area (TPSA) is 78.4 Å². The largest absolute Gasteiger partial charge is 0.391 e. The van der Waals surface area contributed by atoms with Crippen molar-refractivity contribution in [3.8, 4) is 0 Å². The Hall–Kier alpha value is -1.88. The molecule has 1 saturated carbocycles. The third kappa shape index (κ3) is 4.79. The molecule has 0 saturated heterocycles. The van der Waals surface area contributed by atoms with E-state index in [0.717, 1.165) is 18.4 Å². The van der Waals surface area contributed by atoms with Crippen LogP contribution in [0.1, 0.15) is 42.6 Å². The lowest BCUT2D eigenvalue weighted by Crippen LogP contribution is -2.51. The number of carbonyl (C=O) groups is 2. The summed E-state index contributed by atoms with van der Waals surface area (Å²) in [6.07, 6.45) is 1.56. The van der Waals surface area contributed by atoms with E-state index in [1.54, 1.807) is 12.1 Å².